The maximum absolute atomic E-state index is 12.6. The van der Waals surface area contributed by atoms with Crippen molar-refractivity contribution >= 4 is 18.7 Å². The molecular weight excluding hydrogens is 381 g/mol. The SMILES string of the molecule is C[C@H]1CC(C)(C)OB(c2ccc(OC[C@H]3CCCCN3C(=O)OC(C)(C)C)cc2)O1. The van der Waals surface area contributed by atoms with E-state index in [1.165, 1.54) is 0 Å². The van der Waals surface area contributed by atoms with Crippen LogP contribution in [-0.2, 0) is 14.0 Å². The summed E-state index contributed by atoms with van der Waals surface area (Å²) in [5.41, 5.74) is 0.282. The molecule has 30 heavy (non-hydrogen) atoms. The molecule has 6 nitrogen and oxygen atoms in total. The second-order valence-electron chi connectivity index (χ2n) is 10.1. The van der Waals surface area contributed by atoms with Crippen molar-refractivity contribution in [3.05, 3.63) is 24.3 Å². The van der Waals surface area contributed by atoms with E-state index >= 15 is 0 Å². The summed E-state index contributed by atoms with van der Waals surface area (Å²) in [7, 11) is -0.362. The van der Waals surface area contributed by atoms with E-state index in [4.69, 9.17) is 18.8 Å². The predicted molar refractivity (Wildman–Crippen MR) is 118 cm³/mol. The minimum Gasteiger partial charge on any atom is -0.491 e. The number of hydrogen-bond acceptors (Lipinski definition) is 5. The molecule has 166 valence electrons. The summed E-state index contributed by atoms with van der Waals surface area (Å²) < 4.78 is 23.6. The predicted octanol–water partition coefficient (Wildman–Crippen LogP) is 4.15. The molecule has 2 saturated heterocycles. The van der Waals surface area contributed by atoms with Crippen LogP contribution in [0, 0.1) is 0 Å². The van der Waals surface area contributed by atoms with Gasteiger partial charge in [0.2, 0.25) is 0 Å². The van der Waals surface area contributed by atoms with Gasteiger partial charge in [-0.25, -0.2) is 4.79 Å². The molecule has 1 amide bonds. The van der Waals surface area contributed by atoms with Crippen molar-refractivity contribution in [2.45, 2.75) is 90.6 Å². The van der Waals surface area contributed by atoms with E-state index in [-0.39, 0.29) is 31.0 Å². The smallest absolute Gasteiger partial charge is 0.491 e. The Labute approximate surface area is 181 Å². The fourth-order valence-electron chi connectivity index (χ4n) is 4.11. The van der Waals surface area contributed by atoms with Crippen molar-refractivity contribution in [2.24, 2.45) is 0 Å². The summed E-state index contributed by atoms with van der Waals surface area (Å²) in [5.74, 6) is 0.775. The van der Waals surface area contributed by atoms with E-state index in [2.05, 4.69) is 20.8 Å². The normalized spacial score (nSPS) is 24.5. The average molecular weight is 417 g/mol. The van der Waals surface area contributed by atoms with Crippen LogP contribution in [0.1, 0.15) is 67.2 Å². The van der Waals surface area contributed by atoms with Gasteiger partial charge in [-0.15, -0.1) is 0 Å². The number of hydrogen-bond donors (Lipinski definition) is 0. The number of nitrogens with zero attached hydrogens (tertiary/aromatic N) is 1. The number of carbonyl (C=O) groups is 1. The molecule has 0 spiro atoms. The Morgan fingerprint density at radius 1 is 1.23 bits per heavy atom. The van der Waals surface area contributed by atoms with E-state index in [0.717, 1.165) is 36.9 Å². The Kier molecular flexibility index (Phi) is 7.03. The number of carbonyl (C=O) groups excluding carboxylic acids is 1. The first-order chi connectivity index (χ1) is 14.0. The van der Waals surface area contributed by atoms with Crippen LogP contribution in [0.2, 0.25) is 0 Å². The molecule has 2 heterocycles. The van der Waals surface area contributed by atoms with Crippen molar-refractivity contribution in [2.75, 3.05) is 13.2 Å². The Balaban J connectivity index is 1.58. The van der Waals surface area contributed by atoms with Gasteiger partial charge in [-0.3, -0.25) is 0 Å². The summed E-state index contributed by atoms with van der Waals surface area (Å²) in [6.45, 7) is 13.1. The molecule has 0 unspecified atom stereocenters. The molecule has 0 N–H and O–H groups in total. The van der Waals surface area contributed by atoms with Crippen LogP contribution in [0.25, 0.3) is 0 Å². The molecule has 0 bridgehead atoms. The first kappa shape index (κ1) is 22.9. The highest BCUT2D eigenvalue weighted by Gasteiger charge is 2.38. The topological polar surface area (TPSA) is 57.2 Å². The summed E-state index contributed by atoms with van der Waals surface area (Å²) in [4.78, 5) is 14.4. The van der Waals surface area contributed by atoms with Crippen molar-refractivity contribution < 1.29 is 23.6 Å². The van der Waals surface area contributed by atoms with E-state index < -0.39 is 5.60 Å². The summed E-state index contributed by atoms with van der Waals surface area (Å²) in [6, 6.07) is 7.88. The zero-order valence-corrected chi connectivity index (χ0v) is 19.3. The lowest BCUT2D eigenvalue weighted by atomic mass is 9.75. The van der Waals surface area contributed by atoms with Gasteiger partial charge in [0.15, 0.2) is 0 Å². The van der Waals surface area contributed by atoms with Gasteiger partial charge in [0.25, 0.3) is 0 Å². The fraction of sp³-hybridized carbons (Fsp3) is 0.696. The van der Waals surface area contributed by atoms with Crippen LogP contribution >= 0.6 is 0 Å². The second kappa shape index (κ2) is 9.19. The van der Waals surface area contributed by atoms with Gasteiger partial charge in [0.05, 0.1) is 11.6 Å². The molecule has 3 rings (SSSR count). The van der Waals surface area contributed by atoms with Crippen LogP contribution in [0.15, 0.2) is 24.3 Å². The third-order valence-electron chi connectivity index (χ3n) is 5.41. The summed E-state index contributed by atoms with van der Waals surface area (Å²) in [5, 5.41) is 0. The van der Waals surface area contributed by atoms with Crippen LogP contribution in [0.5, 0.6) is 5.75 Å². The van der Waals surface area contributed by atoms with Gasteiger partial charge < -0.3 is 23.7 Å². The van der Waals surface area contributed by atoms with Crippen LogP contribution in [-0.4, -0.2) is 54.6 Å². The lowest BCUT2D eigenvalue weighted by Gasteiger charge is -2.38. The first-order valence-electron chi connectivity index (χ1n) is 11.1. The number of amides is 1. The Hall–Kier alpha value is -1.73. The lowest BCUT2D eigenvalue weighted by Crippen LogP contribution is -2.51. The highest BCUT2D eigenvalue weighted by Crippen LogP contribution is 2.26. The summed E-state index contributed by atoms with van der Waals surface area (Å²) in [6.07, 6.45) is 3.79. The monoisotopic (exact) mass is 417 g/mol. The maximum atomic E-state index is 12.6. The maximum Gasteiger partial charge on any atom is 0.494 e. The van der Waals surface area contributed by atoms with Gasteiger partial charge in [0, 0.05) is 12.6 Å². The zero-order chi connectivity index (χ0) is 21.9. The molecule has 0 aromatic heterocycles. The average Bonchev–Trinajstić information content (AvgIpc) is 2.64. The first-order valence-corrected chi connectivity index (χ1v) is 11.1. The third kappa shape index (κ3) is 6.38. The Morgan fingerprint density at radius 3 is 2.57 bits per heavy atom. The number of ether oxygens (including phenoxy) is 2. The quantitative estimate of drug-likeness (QED) is 0.689. The van der Waals surface area contributed by atoms with E-state index in [9.17, 15) is 4.79 Å². The summed E-state index contributed by atoms with van der Waals surface area (Å²) >= 11 is 0. The van der Waals surface area contributed by atoms with E-state index in [1.54, 1.807) is 0 Å². The van der Waals surface area contributed by atoms with Crippen LogP contribution in [0.3, 0.4) is 0 Å². The molecule has 2 atom stereocenters. The number of piperidine rings is 1. The lowest BCUT2D eigenvalue weighted by molar-refractivity contribution is -0.0230. The van der Waals surface area contributed by atoms with E-state index in [1.807, 2.05) is 49.9 Å². The molecular formula is C23H36BNO5. The van der Waals surface area contributed by atoms with Crippen LogP contribution in [0.4, 0.5) is 4.79 Å². The minimum absolute atomic E-state index is 0.0277. The number of benzene rings is 1. The molecule has 7 heteroatoms. The van der Waals surface area contributed by atoms with Gasteiger partial charge in [0.1, 0.15) is 18.0 Å². The Morgan fingerprint density at radius 2 is 1.93 bits per heavy atom. The van der Waals surface area contributed by atoms with Gasteiger partial charge in [-0.1, -0.05) is 12.1 Å². The highest BCUT2D eigenvalue weighted by atomic mass is 16.6. The van der Waals surface area contributed by atoms with Gasteiger partial charge in [-0.05, 0) is 84.8 Å². The highest BCUT2D eigenvalue weighted by molar-refractivity contribution is 6.61. The standard InChI is InChI=1S/C23H36BNO5/c1-17-15-23(5,6)30-24(29-17)18-10-12-20(13-11-18)27-16-19-9-7-8-14-25(19)21(26)28-22(2,3)4/h10-13,17,19H,7-9,14-16H2,1-6H3/t17-,19+/m0/s1. The van der Waals surface area contributed by atoms with Gasteiger partial charge in [-0.2, -0.15) is 0 Å². The molecule has 1 aromatic carbocycles. The molecule has 2 fully saturated rings. The van der Waals surface area contributed by atoms with Crippen molar-refractivity contribution in [1.29, 1.82) is 0 Å². The zero-order valence-electron chi connectivity index (χ0n) is 19.3. The molecule has 0 saturated carbocycles. The van der Waals surface area contributed by atoms with Gasteiger partial charge >= 0.3 is 13.2 Å². The fourth-order valence-corrected chi connectivity index (χ4v) is 4.11. The molecule has 1 aromatic rings. The third-order valence-corrected chi connectivity index (χ3v) is 5.41. The van der Waals surface area contributed by atoms with E-state index in [0.29, 0.717) is 13.2 Å². The molecule has 2 aliphatic heterocycles. The molecule has 2 aliphatic rings. The number of rotatable bonds is 4. The molecule has 0 aliphatic carbocycles. The second-order valence-corrected chi connectivity index (χ2v) is 10.1. The van der Waals surface area contributed by atoms with Crippen molar-refractivity contribution in [3.63, 3.8) is 0 Å². The largest absolute Gasteiger partial charge is 0.494 e. The van der Waals surface area contributed by atoms with Crippen LogP contribution < -0.4 is 10.2 Å². The minimum atomic E-state index is -0.495. The van der Waals surface area contributed by atoms with Crippen molar-refractivity contribution in [1.82, 2.24) is 4.90 Å². The molecule has 0 radical (unpaired) electrons. The van der Waals surface area contributed by atoms with Crippen molar-refractivity contribution in [3.8, 4) is 5.75 Å². The Bertz CT molecular complexity index is 715. The number of likely N-dealkylation sites (tertiary alicyclic amines) is 1.